The van der Waals surface area contributed by atoms with Crippen LogP contribution in [0.25, 0.3) is 10.1 Å². The summed E-state index contributed by atoms with van der Waals surface area (Å²) in [4.78, 5) is 12.3. The van der Waals surface area contributed by atoms with Gasteiger partial charge in [-0.2, -0.15) is 5.10 Å². The minimum absolute atomic E-state index is 0.0592. The van der Waals surface area contributed by atoms with Crippen molar-refractivity contribution in [3.8, 4) is 0 Å². The quantitative estimate of drug-likeness (QED) is 0.486. The Labute approximate surface area is 149 Å². The molecule has 24 heavy (non-hydrogen) atoms. The van der Waals surface area contributed by atoms with Crippen LogP contribution in [0.2, 0.25) is 10.0 Å². The molecule has 0 saturated heterocycles. The van der Waals surface area contributed by atoms with Crippen molar-refractivity contribution in [2.45, 2.75) is 0 Å². The second-order valence-electron chi connectivity index (χ2n) is 4.72. The first-order valence-corrected chi connectivity index (χ1v) is 8.19. The number of thiophene rings is 1. The van der Waals surface area contributed by atoms with E-state index < -0.39 is 17.5 Å². The number of nitrogens with one attached hydrogen (secondary N) is 1. The summed E-state index contributed by atoms with van der Waals surface area (Å²) in [5.74, 6) is -1.55. The molecule has 3 rings (SSSR count). The maximum absolute atomic E-state index is 13.6. The third-order valence-electron chi connectivity index (χ3n) is 3.16. The van der Waals surface area contributed by atoms with Crippen molar-refractivity contribution in [2.75, 3.05) is 0 Å². The van der Waals surface area contributed by atoms with E-state index in [2.05, 4.69) is 10.5 Å². The van der Waals surface area contributed by atoms with E-state index in [1.165, 1.54) is 36.4 Å². The van der Waals surface area contributed by atoms with Crippen LogP contribution in [-0.4, -0.2) is 12.1 Å². The van der Waals surface area contributed by atoms with Crippen LogP contribution in [-0.2, 0) is 0 Å². The largest absolute Gasteiger partial charge is 0.283 e. The van der Waals surface area contributed by atoms with Gasteiger partial charge >= 0.3 is 0 Å². The Morgan fingerprint density at radius 1 is 1.21 bits per heavy atom. The van der Waals surface area contributed by atoms with Gasteiger partial charge in [0.1, 0.15) is 16.5 Å². The molecule has 1 N–H and O–H groups in total. The second-order valence-corrected chi connectivity index (χ2v) is 6.56. The number of carbonyl (C=O) groups is 1. The van der Waals surface area contributed by atoms with Gasteiger partial charge in [0.15, 0.2) is 0 Å². The summed E-state index contributed by atoms with van der Waals surface area (Å²) in [6, 6.07) is 8.26. The number of rotatable bonds is 3. The van der Waals surface area contributed by atoms with E-state index in [0.717, 1.165) is 17.6 Å². The molecule has 0 aliphatic rings. The van der Waals surface area contributed by atoms with Crippen LogP contribution in [0.1, 0.15) is 15.2 Å². The molecule has 1 heterocycles. The Morgan fingerprint density at radius 2 is 2.00 bits per heavy atom. The standard InChI is InChI=1S/C16H8Cl2F2N2OS/c17-11-2-1-3-12(20)10(11)7-21-22-16(23)15-14(18)9-5-4-8(19)6-13(9)24-15/h1-7H,(H,22,23). The molecule has 0 bridgehead atoms. The maximum Gasteiger partial charge on any atom is 0.283 e. The summed E-state index contributed by atoms with van der Waals surface area (Å²) in [7, 11) is 0. The van der Waals surface area contributed by atoms with Crippen molar-refractivity contribution >= 4 is 56.7 Å². The summed E-state index contributed by atoms with van der Waals surface area (Å²) in [5.41, 5.74) is 2.31. The second kappa shape index (κ2) is 6.84. The first kappa shape index (κ1) is 16.8. The summed E-state index contributed by atoms with van der Waals surface area (Å²) >= 11 is 13.0. The van der Waals surface area contributed by atoms with Crippen molar-refractivity contribution in [1.29, 1.82) is 0 Å². The average Bonchev–Trinajstić information content (AvgIpc) is 2.86. The third-order valence-corrected chi connectivity index (χ3v) is 5.14. The Kier molecular flexibility index (Phi) is 4.80. The maximum atomic E-state index is 13.6. The Bertz CT molecular complexity index is 952. The highest BCUT2D eigenvalue weighted by Crippen LogP contribution is 2.35. The highest BCUT2D eigenvalue weighted by Gasteiger charge is 2.17. The van der Waals surface area contributed by atoms with Gasteiger partial charge in [0.2, 0.25) is 0 Å². The van der Waals surface area contributed by atoms with E-state index in [4.69, 9.17) is 23.2 Å². The molecule has 0 atom stereocenters. The molecule has 122 valence electrons. The van der Waals surface area contributed by atoms with Gasteiger partial charge in [-0.3, -0.25) is 4.79 Å². The molecule has 0 unspecified atom stereocenters. The Hall–Kier alpha value is -2.02. The zero-order chi connectivity index (χ0) is 17.3. The first-order valence-electron chi connectivity index (χ1n) is 6.62. The summed E-state index contributed by atoms with van der Waals surface area (Å²) < 4.78 is 27.4. The van der Waals surface area contributed by atoms with E-state index in [1.54, 1.807) is 0 Å². The molecule has 0 spiro atoms. The van der Waals surface area contributed by atoms with Gasteiger partial charge in [-0.25, -0.2) is 14.2 Å². The van der Waals surface area contributed by atoms with Crippen LogP contribution in [0, 0.1) is 11.6 Å². The monoisotopic (exact) mass is 384 g/mol. The van der Waals surface area contributed by atoms with Gasteiger partial charge in [-0.15, -0.1) is 11.3 Å². The van der Waals surface area contributed by atoms with E-state index in [9.17, 15) is 13.6 Å². The smallest absolute Gasteiger partial charge is 0.266 e. The normalized spacial score (nSPS) is 11.3. The molecule has 1 aromatic heterocycles. The van der Waals surface area contributed by atoms with E-state index in [1.807, 2.05) is 0 Å². The number of fused-ring (bicyclic) bond motifs is 1. The van der Waals surface area contributed by atoms with E-state index in [0.29, 0.717) is 10.1 Å². The van der Waals surface area contributed by atoms with E-state index in [-0.39, 0.29) is 20.5 Å². The van der Waals surface area contributed by atoms with Crippen molar-refractivity contribution in [1.82, 2.24) is 5.43 Å². The van der Waals surface area contributed by atoms with Crippen LogP contribution in [0.4, 0.5) is 8.78 Å². The van der Waals surface area contributed by atoms with Crippen LogP contribution < -0.4 is 5.43 Å². The lowest BCUT2D eigenvalue weighted by Crippen LogP contribution is -2.16. The van der Waals surface area contributed by atoms with Gasteiger partial charge in [-0.1, -0.05) is 29.3 Å². The first-order chi connectivity index (χ1) is 11.5. The molecule has 0 aliphatic heterocycles. The molecular weight excluding hydrogens is 377 g/mol. The van der Waals surface area contributed by atoms with Crippen molar-refractivity contribution in [2.24, 2.45) is 5.10 Å². The number of hydrogen-bond acceptors (Lipinski definition) is 3. The molecular formula is C16H8Cl2F2N2OS. The number of amides is 1. The van der Waals surface area contributed by atoms with Gasteiger partial charge in [-0.05, 0) is 30.3 Å². The fourth-order valence-corrected chi connectivity index (χ4v) is 3.67. The summed E-state index contributed by atoms with van der Waals surface area (Å²) in [6.45, 7) is 0. The van der Waals surface area contributed by atoms with Gasteiger partial charge in [0, 0.05) is 15.6 Å². The number of hydrogen-bond donors (Lipinski definition) is 1. The highest BCUT2D eigenvalue weighted by molar-refractivity contribution is 7.21. The number of halogens is 4. The number of nitrogens with zero attached hydrogens (tertiary/aromatic N) is 1. The van der Waals surface area contributed by atoms with Crippen LogP contribution in [0.5, 0.6) is 0 Å². The molecule has 1 amide bonds. The van der Waals surface area contributed by atoms with Crippen LogP contribution in [0.15, 0.2) is 41.5 Å². The SMILES string of the molecule is O=C(NN=Cc1c(F)cccc1Cl)c1sc2cc(F)ccc2c1Cl. The number of carbonyl (C=O) groups excluding carboxylic acids is 1. The van der Waals surface area contributed by atoms with Crippen molar-refractivity contribution < 1.29 is 13.6 Å². The molecule has 0 saturated carbocycles. The minimum Gasteiger partial charge on any atom is -0.266 e. The average molecular weight is 385 g/mol. The van der Waals surface area contributed by atoms with Crippen LogP contribution in [0.3, 0.4) is 0 Å². The van der Waals surface area contributed by atoms with Gasteiger partial charge < -0.3 is 0 Å². The van der Waals surface area contributed by atoms with E-state index >= 15 is 0 Å². The molecule has 0 radical (unpaired) electrons. The van der Waals surface area contributed by atoms with Crippen molar-refractivity contribution in [3.63, 3.8) is 0 Å². The van der Waals surface area contributed by atoms with Crippen molar-refractivity contribution in [3.05, 3.63) is 68.5 Å². The molecule has 0 fully saturated rings. The molecule has 2 aromatic carbocycles. The van der Waals surface area contributed by atoms with Gasteiger partial charge in [0.25, 0.3) is 5.91 Å². The predicted molar refractivity (Wildman–Crippen MR) is 93.3 cm³/mol. The Balaban J connectivity index is 1.83. The fourth-order valence-electron chi connectivity index (χ4n) is 2.03. The molecule has 3 aromatic rings. The summed E-state index contributed by atoms with van der Waals surface area (Å²) in [6.07, 6.45) is 1.11. The third kappa shape index (κ3) is 3.26. The lowest BCUT2D eigenvalue weighted by molar-refractivity contribution is 0.0959. The molecule has 0 aliphatic carbocycles. The lowest BCUT2D eigenvalue weighted by Gasteiger charge is -2.00. The molecule has 8 heteroatoms. The zero-order valence-corrected chi connectivity index (χ0v) is 14.1. The Morgan fingerprint density at radius 3 is 2.75 bits per heavy atom. The summed E-state index contributed by atoms with van der Waals surface area (Å²) in [5, 5.41) is 4.66. The number of benzene rings is 2. The predicted octanol–water partition coefficient (Wildman–Crippen LogP) is 5.25. The highest BCUT2D eigenvalue weighted by atomic mass is 35.5. The topological polar surface area (TPSA) is 41.5 Å². The minimum atomic E-state index is -0.578. The van der Waals surface area contributed by atoms with Gasteiger partial charge in [0.05, 0.1) is 16.3 Å². The zero-order valence-electron chi connectivity index (χ0n) is 11.8. The molecule has 3 nitrogen and oxygen atoms in total. The van der Waals surface area contributed by atoms with Crippen LogP contribution >= 0.6 is 34.5 Å². The number of hydrazone groups is 1. The fraction of sp³-hybridized carbons (Fsp3) is 0. The lowest BCUT2D eigenvalue weighted by atomic mass is 10.2.